The minimum Gasteiger partial charge on any atom is -0.490 e. The number of rotatable bonds is 6. The van der Waals surface area contributed by atoms with Crippen LogP contribution >= 0.6 is 54.8 Å². The van der Waals surface area contributed by atoms with Gasteiger partial charge in [-0.2, -0.15) is 0 Å². The molecule has 0 bridgehead atoms. The van der Waals surface area contributed by atoms with Crippen LogP contribution < -0.4 is 4.74 Å². The molecule has 0 amide bonds. The van der Waals surface area contributed by atoms with Crippen LogP contribution in [-0.4, -0.2) is 20.3 Å². The highest BCUT2D eigenvalue weighted by molar-refractivity contribution is 9.10. The van der Waals surface area contributed by atoms with Crippen LogP contribution in [0.5, 0.6) is 5.75 Å². The van der Waals surface area contributed by atoms with Crippen LogP contribution in [0, 0.1) is 0 Å². The lowest BCUT2D eigenvalue weighted by atomic mass is 10.1. The predicted octanol–water partition coefficient (Wildman–Crippen LogP) is 5.63. The zero-order chi connectivity index (χ0) is 14.5. The Morgan fingerprint density at radius 3 is 2.60 bits per heavy atom. The van der Waals surface area contributed by atoms with E-state index in [1.807, 2.05) is 29.6 Å². The van der Waals surface area contributed by atoms with Crippen molar-refractivity contribution in [1.29, 1.82) is 0 Å². The fourth-order valence-corrected chi connectivity index (χ4v) is 4.32. The van der Waals surface area contributed by atoms with Crippen LogP contribution in [0.3, 0.4) is 0 Å². The largest absolute Gasteiger partial charge is 0.490 e. The number of halogens is 3. The first-order valence-electron chi connectivity index (χ1n) is 5.91. The van der Waals surface area contributed by atoms with Crippen molar-refractivity contribution in [2.75, 3.05) is 20.3 Å². The Morgan fingerprint density at radius 1 is 1.20 bits per heavy atom. The van der Waals surface area contributed by atoms with Gasteiger partial charge in [0, 0.05) is 16.5 Å². The van der Waals surface area contributed by atoms with Crippen molar-refractivity contribution in [3.63, 3.8) is 0 Å². The van der Waals surface area contributed by atoms with Gasteiger partial charge in [-0.3, -0.25) is 0 Å². The highest BCUT2D eigenvalue weighted by Gasteiger charge is 2.16. The molecular weight excluding hydrogens is 427 g/mol. The molecule has 1 atom stereocenters. The summed E-state index contributed by atoms with van der Waals surface area (Å²) in [5, 5.41) is 1.85. The van der Waals surface area contributed by atoms with Gasteiger partial charge in [0.25, 0.3) is 0 Å². The summed E-state index contributed by atoms with van der Waals surface area (Å²) in [6, 6.07) is 7.90. The molecule has 20 heavy (non-hydrogen) atoms. The number of benzene rings is 1. The quantitative estimate of drug-likeness (QED) is 0.428. The zero-order valence-corrected chi connectivity index (χ0v) is 15.5. The normalized spacial score (nSPS) is 12.4. The van der Waals surface area contributed by atoms with Crippen molar-refractivity contribution in [3.05, 3.63) is 49.0 Å². The average molecular weight is 441 g/mol. The molecule has 1 unspecified atom stereocenters. The van der Waals surface area contributed by atoms with E-state index in [4.69, 9.17) is 21.1 Å². The molecule has 1 aromatic carbocycles. The molecule has 0 saturated heterocycles. The van der Waals surface area contributed by atoms with Gasteiger partial charge in [0.1, 0.15) is 12.4 Å². The lowest BCUT2D eigenvalue weighted by Gasteiger charge is -2.12. The molecule has 6 heteroatoms. The molecule has 2 rings (SSSR count). The first-order valence-corrected chi connectivity index (χ1v) is 8.82. The maximum absolute atomic E-state index is 6.53. The minimum absolute atomic E-state index is 0.172. The van der Waals surface area contributed by atoms with E-state index in [1.54, 1.807) is 18.4 Å². The van der Waals surface area contributed by atoms with Gasteiger partial charge in [-0.1, -0.05) is 6.07 Å². The molecule has 0 radical (unpaired) electrons. The van der Waals surface area contributed by atoms with E-state index in [1.165, 1.54) is 0 Å². The second-order valence-electron chi connectivity index (χ2n) is 4.03. The summed E-state index contributed by atoms with van der Waals surface area (Å²) in [6.07, 6.45) is 0. The van der Waals surface area contributed by atoms with E-state index in [-0.39, 0.29) is 5.38 Å². The lowest BCUT2D eigenvalue weighted by molar-refractivity contribution is 0.146. The number of alkyl halides is 1. The monoisotopic (exact) mass is 438 g/mol. The van der Waals surface area contributed by atoms with Crippen molar-refractivity contribution in [2.45, 2.75) is 5.38 Å². The summed E-state index contributed by atoms with van der Waals surface area (Å²) >= 11 is 15.2. The molecule has 0 N–H and O–H groups in total. The third kappa shape index (κ3) is 3.98. The van der Waals surface area contributed by atoms with Gasteiger partial charge in [0.2, 0.25) is 0 Å². The molecule has 0 aliphatic heterocycles. The summed E-state index contributed by atoms with van der Waals surface area (Å²) in [6.45, 7) is 1.09. The molecule has 0 aliphatic carbocycles. The van der Waals surface area contributed by atoms with E-state index in [2.05, 4.69) is 31.9 Å². The summed E-state index contributed by atoms with van der Waals surface area (Å²) < 4.78 is 12.5. The Balaban J connectivity index is 2.14. The highest BCUT2D eigenvalue weighted by atomic mass is 79.9. The molecule has 0 spiro atoms. The standard InChI is InChI=1S/C14H13Br2ClO2S/c1-18-5-6-19-12-3-2-9(8-11(12)16)13(17)14-10(15)4-7-20-14/h2-4,7-8,13H,5-6H2,1H3. The SMILES string of the molecule is COCCOc1ccc(C(Cl)c2sccc2Br)cc1Br. The average Bonchev–Trinajstić information content (AvgIpc) is 2.86. The third-order valence-electron chi connectivity index (χ3n) is 2.67. The number of thiophene rings is 1. The van der Waals surface area contributed by atoms with Gasteiger partial charge in [0.05, 0.1) is 16.5 Å². The van der Waals surface area contributed by atoms with Gasteiger partial charge in [0.15, 0.2) is 0 Å². The molecule has 108 valence electrons. The molecular formula is C14H13Br2ClO2S. The van der Waals surface area contributed by atoms with E-state index < -0.39 is 0 Å². The van der Waals surface area contributed by atoms with E-state index in [9.17, 15) is 0 Å². The number of methoxy groups -OCH3 is 1. The Morgan fingerprint density at radius 2 is 2.00 bits per heavy atom. The van der Waals surface area contributed by atoms with Crippen LogP contribution in [0.4, 0.5) is 0 Å². The zero-order valence-electron chi connectivity index (χ0n) is 10.7. The van der Waals surface area contributed by atoms with Gasteiger partial charge in [-0.05, 0) is 61.0 Å². The van der Waals surface area contributed by atoms with Crippen molar-refractivity contribution < 1.29 is 9.47 Å². The fourth-order valence-electron chi connectivity index (χ4n) is 1.66. The Kier molecular flexibility index (Phi) is 6.36. The van der Waals surface area contributed by atoms with Crippen LogP contribution in [0.1, 0.15) is 15.8 Å². The van der Waals surface area contributed by atoms with Crippen molar-refractivity contribution in [1.82, 2.24) is 0 Å². The molecule has 2 nitrogen and oxygen atoms in total. The number of hydrogen-bond donors (Lipinski definition) is 0. The second kappa shape index (κ2) is 7.80. The second-order valence-corrected chi connectivity index (χ2v) is 7.12. The van der Waals surface area contributed by atoms with Gasteiger partial charge < -0.3 is 9.47 Å². The minimum atomic E-state index is -0.172. The first kappa shape index (κ1) is 16.3. The molecule has 0 aliphatic rings. The summed E-state index contributed by atoms with van der Waals surface area (Å²) in [5.41, 5.74) is 1.03. The van der Waals surface area contributed by atoms with Gasteiger partial charge in [-0.25, -0.2) is 0 Å². The summed E-state index contributed by atoms with van der Waals surface area (Å²) in [5.74, 6) is 0.792. The summed E-state index contributed by atoms with van der Waals surface area (Å²) in [7, 11) is 1.65. The predicted molar refractivity (Wildman–Crippen MR) is 91.2 cm³/mol. The first-order chi connectivity index (χ1) is 9.63. The Bertz CT molecular complexity index is 574. The van der Waals surface area contributed by atoms with Crippen LogP contribution in [0.15, 0.2) is 38.6 Å². The smallest absolute Gasteiger partial charge is 0.133 e. The Labute approximate surface area is 144 Å². The highest BCUT2D eigenvalue weighted by Crippen LogP contribution is 2.39. The summed E-state index contributed by atoms with van der Waals surface area (Å²) in [4.78, 5) is 1.10. The maximum atomic E-state index is 6.53. The maximum Gasteiger partial charge on any atom is 0.133 e. The number of hydrogen-bond acceptors (Lipinski definition) is 3. The van der Waals surface area contributed by atoms with E-state index in [0.29, 0.717) is 13.2 Å². The van der Waals surface area contributed by atoms with Crippen LogP contribution in [0.25, 0.3) is 0 Å². The molecule has 0 saturated carbocycles. The lowest BCUT2D eigenvalue weighted by Crippen LogP contribution is -2.04. The van der Waals surface area contributed by atoms with Gasteiger partial charge in [-0.15, -0.1) is 22.9 Å². The van der Waals surface area contributed by atoms with E-state index in [0.717, 1.165) is 25.1 Å². The third-order valence-corrected chi connectivity index (χ3v) is 5.82. The molecule has 1 heterocycles. The molecule has 1 aromatic heterocycles. The number of ether oxygens (including phenoxy) is 2. The van der Waals surface area contributed by atoms with Crippen LogP contribution in [-0.2, 0) is 4.74 Å². The fraction of sp³-hybridized carbons (Fsp3) is 0.286. The molecule has 0 fully saturated rings. The van der Waals surface area contributed by atoms with Crippen molar-refractivity contribution in [2.24, 2.45) is 0 Å². The van der Waals surface area contributed by atoms with Crippen LogP contribution in [0.2, 0.25) is 0 Å². The Hall–Kier alpha value is -0.0700. The van der Waals surface area contributed by atoms with Crippen molar-refractivity contribution in [3.8, 4) is 5.75 Å². The van der Waals surface area contributed by atoms with Gasteiger partial charge >= 0.3 is 0 Å². The van der Waals surface area contributed by atoms with E-state index >= 15 is 0 Å². The van der Waals surface area contributed by atoms with Crippen molar-refractivity contribution >= 4 is 54.8 Å². The molecule has 2 aromatic rings. The topological polar surface area (TPSA) is 18.5 Å².